The monoisotopic (exact) mass is 762 g/mol. The molecule has 3 aromatic carbocycles. The van der Waals surface area contributed by atoms with Gasteiger partial charge in [0.15, 0.2) is 0 Å². The summed E-state index contributed by atoms with van der Waals surface area (Å²) in [6.45, 7) is 6.91. The van der Waals surface area contributed by atoms with Gasteiger partial charge in [-0.25, -0.2) is 13.2 Å². The van der Waals surface area contributed by atoms with Gasteiger partial charge in [0.25, 0.3) is 5.91 Å². The maximum absolute atomic E-state index is 14.4. The fourth-order valence-electron chi connectivity index (χ4n) is 6.59. The number of halogens is 1. The number of fused-ring (bicyclic) bond motifs is 1. The Balaban J connectivity index is 1.42. The molecule has 4 atom stereocenters. The standard InChI is InChI=1S/C39H47ClN6O6S/c1-5-26(4)37(46-24-36(48)45(39(46)50)22-28-17-18-42-33-14-10-9-13-30(28)33)38(49)43-34(19-27-11-7-6-8-12-27)35(47)23-44(21-25(2)3)53(51,52)29-15-16-31(40)32(41)20-29/h6-18,20,25-26,34-35,37,47H,5,19,21-24,41H2,1-4H3,(H,43,49)/t26?,34-,35+,37?/m0/s1. The van der Waals surface area contributed by atoms with Crippen molar-refractivity contribution >= 4 is 56.1 Å². The van der Waals surface area contributed by atoms with Crippen LogP contribution < -0.4 is 11.1 Å². The Labute approximate surface area is 316 Å². The van der Waals surface area contributed by atoms with E-state index in [1.54, 1.807) is 12.3 Å². The Kier molecular flexibility index (Phi) is 12.8. The molecule has 14 heteroatoms. The van der Waals surface area contributed by atoms with Crippen molar-refractivity contribution in [2.75, 3.05) is 25.4 Å². The highest BCUT2D eigenvalue weighted by Crippen LogP contribution is 2.28. The van der Waals surface area contributed by atoms with E-state index in [-0.39, 0.29) is 60.0 Å². The lowest BCUT2D eigenvalue weighted by atomic mass is 9.95. The van der Waals surface area contributed by atoms with Crippen LogP contribution in [0.1, 0.15) is 45.2 Å². The maximum Gasteiger partial charge on any atom is 0.328 e. The molecule has 0 radical (unpaired) electrons. The van der Waals surface area contributed by atoms with Crippen molar-refractivity contribution in [2.45, 2.75) is 70.2 Å². The number of anilines is 1. The van der Waals surface area contributed by atoms with Crippen molar-refractivity contribution in [3.05, 3.63) is 101 Å². The number of urea groups is 1. The molecule has 4 aromatic rings. The molecule has 282 valence electrons. The largest absolute Gasteiger partial charge is 0.397 e. The first-order chi connectivity index (χ1) is 25.2. The van der Waals surface area contributed by atoms with Gasteiger partial charge >= 0.3 is 6.03 Å². The third kappa shape index (κ3) is 9.15. The van der Waals surface area contributed by atoms with Crippen molar-refractivity contribution in [3.63, 3.8) is 0 Å². The Morgan fingerprint density at radius 1 is 1.02 bits per heavy atom. The number of aromatic nitrogens is 1. The van der Waals surface area contributed by atoms with Crippen LogP contribution in [0.4, 0.5) is 10.5 Å². The average molecular weight is 763 g/mol. The molecule has 1 aromatic heterocycles. The maximum atomic E-state index is 14.4. The second kappa shape index (κ2) is 17.1. The molecule has 1 aliphatic rings. The molecule has 2 heterocycles. The van der Waals surface area contributed by atoms with Gasteiger partial charge < -0.3 is 21.1 Å². The number of aliphatic hydroxyl groups is 1. The fourth-order valence-corrected chi connectivity index (χ4v) is 8.37. The number of nitrogens with zero attached hydrogens (tertiary/aromatic N) is 4. The van der Waals surface area contributed by atoms with Crippen LogP contribution in [0.5, 0.6) is 0 Å². The molecule has 1 saturated heterocycles. The number of rotatable bonds is 16. The zero-order valence-electron chi connectivity index (χ0n) is 30.4. The van der Waals surface area contributed by atoms with Crippen LogP contribution >= 0.6 is 11.6 Å². The minimum Gasteiger partial charge on any atom is -0.397 e. The van der Waals surface area contributed by atoms with E-state index in [4.69, 9.17) is 17.3 Å². The van der Waals surface area contributed by atoms with Crippen molar-refractivity contribution in [1.82, 2.24) is 24.4 Å². The summed E-state index contributed by atoms with van der Waals surface area (Å²) in [5, 5.41) is 15.8. The molecular formula is C39H47ClN6O6S. The summed E-state index contributed by atoms with van der Waals surface area (Å²) >= 11 is 6.07. The minimum absolute atomic E-state index is 0.0147. The number of hydrogen-bond acceptors (Lipinski definition) is 8. The third-order valence-corrected chi connectivity index (χ3v) is 11.8. The Hall–Kier alpha value is -4.56. The normalized spacial score (nSPS) is 16.0. The Morgan fingerprint density at radius 2 is 1.72 bits per heavy atom. The lowest BCUT2D eigenvalue weighted by Crippen LogP contribution is -2.57. The van der Waals surface area contributed by atoms with Crippen LogP contribution in [0.2, 0.25) is 5.02 Å². The van der Waals surface area contributed by atoms with Crippen molar-refractivity contribution in [3.8, 4) is 0 Å². The van der Waals surface area contributed by atoms with Crippen LogP contribution in [-0.4, -0.2) is 88.3 Å². The van der Waals surface area contributed by atoms with E-state index >= 15 is 0 Å². The summed E-state index contributed by atoms with van der Waals surface area (Å²) in [5.74, 6) is -1.46. The van der Waals surface area contributed by atoms with E-state index in [0.717, 1.165) is 26.9 Å². The quantitative estimate of drug-likeness (QED) is 0.105. The van der Waals surface area contributed by atoms with Gasteiger partial charge in [-0.05, 0) is 59.7 Å². The highest BCUT2D eigenvalue weighted by atomic mass is 35.5. The smallest absolute Gasteiger partial charge is 0.328 e. The number of pyridine rings is 1. The molecule has 4 N–H and O–H groups in total. The van der Waals surface area contributed by atoms with Gasteiger partial charge in [0, 0.05) is 24.7 Å². The van der Waals surface area contributed by atoms with Gasteiger partial charge in [0.1, 0.15) is 12.6 Å². The predicted octanol–water partition coefficient (Wildman–Crippen LogP) is 5.08. The number of carbonyl (C=O) groups is 3. The molecule has 0 saturated carbocycles. The van der Waals surface area contributed by atoms with Gasteiger partial charge in [-0.3, -0.25) is 19.5 Å². The third-order valence-electron chi connectivity index (χ3n) is 9.59. The highest BCUT2D eigenvalue weighted by molar-refractivity contribution is 7.89. The molecule has 0 spiro atoms. The molecule has 1 aliphatic heterocycles. The number of nitrogens with one attached hydrogen (secondary N) is 1. The van der Waals surface area contributed by atoms with E-state index in [9.17, 15) is 27.9 Å². The number of nitrogens with two attached hydrogens (primary N) is 1. The Bertz CT molecular complexity index is 2040. The molecule has 5 rings (SSSR count). The molecule has 4 amide bonds. The first kappa shape index (κ1) is 39.6. The zero-order valence-corrected chi connectivity index (χ0v) is 31.9. The predicted molar refractivity (Wildman–Crippen MR) is 205 cm³/mol. The van der Waals surface area contributed by atoms with Crippen LogP contribution in [0.15, 0.2) is 90.0 Å². The van der Waals surface area contributed by atoms with Gasteiger partial charge in [-0.15, -0.1) is 0 Å². The van der Waals surface area contributed by atoms with Gasteiger partial charge in [-0.1, -0.05) is 94.2 Å². The minimum atomic E-state index is -4.15. The number of para-hydroxylation sites is 1. The van der Waals surface area contributed by atoms with E-state index < -0.39 is 46.1 Å². The summed E-state index contributed by atoms with van der Waals surface area (Å²) in [6, 6.07) is 19.9. The SMILES string of the molecule is CCC(C)C(C(=O)N[C@@H](Cc1ccccc1)[C@H](O)CN(CC(C)C)S(=O)(=O)c1ccc(Cl)c(N)c1)N1CC(=O)N(Cc2ccnc3ccccc23)C1=O. The molecule has 12 nitrogen and oxygen atoms in total. The van der Waals surface area contributed by atoms with Crippen LogP contribution in [0.3, 0.4) is 0 Å². The summed E-state index contributed by atoms with van der Waals surface area (Å²) < 4.78 is 29.0. The van der Waals surface area contributed by atoms with Crippen molar-refractivity contribution in [1.29, 1.82) is 0 Å². The summed E-state index contributed by atoms with van der Waals surface area (Å²) in [7, 11) is -4.15. The summed E-state index contributed by atoms with van der Waals surface area (Å²) in [4.78, 5) is 48.5. The van der Waals surface area contributed by atoms with E-state index in [1.807, 2.05) is 82.3 Å². The van der Waals surface area contributed by atoms with E-state index in [0.29, 0.717) is 6.42 Å². The second-order valence-electron chi connectivity index (χ2n) is 14.0. The molecule has 2 unspecified atom stereocenters. The molecule has 0 bridgehead atoms. The molecule has 53 heavy (non-hydrogen) atoms. The first-order valence-electron chi connectivity index (χ1n) is 17.7. The van der Waals surface area contributed by atoms with Crippen LogP contribution in [-0.2, 0) is 32.6 Å². The number of carbonyl (C=O) groups excluding carboxylic acids is 3. The molecular weight excluding hydrogens is 716 g/mol. The number of imide groups is 1. The topological polar surface area (TPSA) is 166 Å². The Morgan fingerprint density at radius 3 is 2.40 bits per heavy atom. The van der Waals surface area contributed by atoms with Crippen LogP contribution in [0, 0.1) is 11.8 Å². The highest BCUT2D eigenvalue weighted by Gasteiger charge is 2.45. The first-order valence-corrected chi connectivity index (χ1v) is 19.5. The number of amides is 4. The summed E-state index contributed by atoms with van der Waals surface area (Å²) in [6.07, 6.45) is 0.939. The number of hydrogen-bond donors (Lipinski definition) is 3. The van der Waals surface area contributed by atoms with Gasteiger partial charge in [0.05, 0.1) is 39.8 Å². The number of nitrogen functional groups attached to an aromatic ring is 1. The number of benzene rings is 3. The van der Waals surface area contributed by atoms with E-state index in [2.05, 4.69) is 10.3 Å². The average Bonchev–Trinajstić information content (AvgIpc) is 3.40. The van der Waals surface area contributed by atoms with Crippen molar-refractivity contribution in [2.24, 2.45) is 11.8 Å². The van der Waals surface area contributed by atoms with E-state index in [1.165, 1.54) is 27.4 Å². The van der Waals surface area contributed by atoms with Crippen LogP contribution in [0.25, 0.3) is 10.9 Å². The lowest BCUT2D eigenvalue weighted by molar-refractivity contribution is -0.129. The summed E-state index contributed by atoms with van der Waals surface area (Å²) in [5.41, 5.74) is 8.33. The van der Waals surface area contributed by atoms with Crippen molar-refractivity contribution < 1.29 is 27.9 Å². The fraction of sp³-hybridized carbons (Fsp3) is 0.385. The number of sulfonamides is 1. The zero-order chi connectivity index (χ0) is 38.4. The number of aliphatic hydroxyl groups excluding tert-OH is 1. The lowest BCUT2D eigenvalue weighted by Gasteiger charge is -2.34. The molecule has 1 fully saturated rings. The molecule has 0 aliphatic carbocycles. The second-order valence-corrected chi connectivity index (χ2v) is 16.3. The van der Waals surface area contributed by atoms with Gasteiger partial charge in [0.2, 0.25) is 15.9 Å². The van der Waals surface area contributed by atoms with Gasteiger partial charge in [-0.2, -0.15) is 4.31 Å².